The Morgan fingerprint density at radius 1 is 0.800 bits per heavy atom. The summed E-state index contributed by atoms with van der Waals surface area (Å²) in [5.74, 6) is 0. The Hall–Kier alpha value is -1.97. The Kier molecular flexibility index (Phi) is 9.60. The Labute approximate surface area is 151 Å². The zero-order chi connectivity index (χ0) is 17.6. The highest BCUT2D eigenvalue weighted by molar-refractivity contribution is 5.50. The van der Waals surface area contributed by atoms with Crippen molar-refractivity contribution < 1.29 is 14.3 Å². The summed E-state index contributed by atoms with van der Waals surface area (Å²) >= 11 is 0. The van der Waals surface area contributed by atoms with Crippen molar-refractivity contribution in [1.82, 2.24) is 0 Å². The van der Waals surface area contributed by atoms with Crippen LogP contribution in [0.25, 0.3) is 0 Å². The van der Waals surface area contributed by atoms with E-state index in [0.29, 0.717) is 19.6 Å². The molecule has 0 aromatic heterocycles. The summed E-state index contributed by atoms with van der Waals surface area (Å²) in [5.41, 5.74) is 2.36. The monoisotopic (exact) mass is 340 g/mol. The van der Waals surface area contributed by atoms with E-state index < -0.39 is 0 Å². The van der Waals surface area contributed by atoms with Crippen LogP contribution in [0.5, 0.6) is 0 Å². The van der Waals surface area contributed by atoms with Crippen LogP contribution in [0.15, 0.2) is 60.7 Å². The minimum absolute atomic E-state index is 0.0166. The lowest BCUT2D eigenvalue weighted by Gasteiger charge is -2.15. The summed E-state index contributed by atoms with van der Waals surface area (Å²) in [7, 11) is 0. The average Bonchev–Trinajstić information content (AvgIpc) is 2.67. The molecule has 0 amide bonds. The van der Waals surface area contributed by atoms with Gasteiger partial charge in [-0.1, -0.05) is 73.5 Å². The fourth-order valence-corrected chi connectivity index (χ4v) is 2.68. The lowest BCUT2D eigenvalue weighted by Crippen LogP contribution is -2.13. The fraction of sp³-hybridized carbons (Fsp3) is 0.409. The van der Waals surface area contributed by atoms with Crippen LogP contribution in [0.4, 0.5) is 0 Å². The first kappa shape index (κ1) is 19.4. The van der Waals surface area contributed by atoms with E-state index in [2.05, 4.69) is 12.1 Å². The molecule has 2 rings (SSSR count). The van der Waals surface area contributed by atoms with E-state index >= 15 is 0 Å². The first-order chi connectivity index (χ1) is 12.4. The standard InChI is InChI=1S/C22H28O3/c23-16-15-22(25-19-21-12-6-2-7-13-21)14-8-3-9-17-24-18-20-10-4-1-5-11-20/h1-2,4-7,10-13,16,22H,3,8-9,14-15,17-19H2/t22-/m1/s1. The first-order valence-corrected chi connectivity index (χ1v) is 9.09. The third-order valence-corrected chi connectivity index (χ3v) is 4.11. The largest absolute Gasteiger partial charge is 0.377 e. The van der Waals surface area contributed by atoms with Crippen molar-refractivity contribution in [2.45, 2.75) is 51.4 Å². The van der Waals surface area contributed by atoms with Crippen molar-refractivity contribution in [3.63, 3.8) is 0 Å². The van der Waals surface area contributed by atoms with E-state index in [9.17, 15) is 4.79 Å². The number of hydrogen-bond donors (Lipinski definition) is 0. The summed E-state index contributed by atoms with van der Waals surface area (Å²) in [6.07, 6.45) is 5.56. The highest BCUT2D eigenvalue weighted by Crippen LogP contribution is 2.13. The lowest BCUT2D eigenvalue weighted by molar-refractivity contribution is -0.110. The summed E-state index contributed by atoms with van der Waals surface area (Å²) in [4.78, 5) is 10.8. The quantitative estimate of drug-likeness (QED) is 0.383. The van der Waals surface area contributed by atoms with E-state index in [1.165, 1.54) is 5.56 Å². The van der Waals surface area contributed by atoms with Crippen molar-refractivity contribution in [2.75, 3.05) is 6.61 Å². The van der Waals surface area contributed by atoms with Gasteiger partial charge in [0.1, 0.15) is 6.29 Å². The highest BCUT2D eigenvalue weighted by atomic mass is 16.5. The number of ether oxygens (including phenoxy) is 2. The molecule has 0 aliphatic rings. The molecule has 2 aromatic carbocycles. The molecule has 2 aromatic rings. The minimum atomic E-state index is 0.0166. The smallest absolute Gasteiger partial charge is 0.122 e. The maximum Gasteiger partial charge on any atom is 0.122 e. The molecule has 0 unspecified atom stereocenters. The molecular formula is C22H28O3. The molecule has 0 saturated heterocycles. The van der Waals surface area contributed by atoms with Gasteiger partial charge in [-0.3, -0.25) is 0 Å². The molecule has 0 aliphatic carbocycles. The van der Waals surface area contributed by atoms with Crippen LogP contribution >= 0.6 is 0 Å². The van der Waals surface area contributed by atoms with Crippen molar-refractivity contribution in [2.24, 2.45) is 0 Å². The average molecular weight is 340 g/mol. The fourth-order valence-electron chi connectivity index (χ4n) is 2.68. The molecule has 0 spiro atoms. The Morgan fingerprint density at radius 3 is 2.08 bits per heavy atom. The Balaban J connectivity index is 1.54. The number of aldehydes is 1. The van der Waals surface area contributed by atoms with Crippen LogP contribution in [0.2, 0.25) is 0 Å². The summed E-state index contributed by atoms with van der Waals surface area (Å²) in [5, 5.41) is 0. The van der Waals surface area contributed by atoms with Gasteiger partial charge in [0.05, 0.1) is 19.3 Å². The van der Waals surface area contributed by atoms with Crippen LogP contribution in [0.1, 0.15) is 43.2 Å². The molecule has 0 N–H and O–H groups in total. The maximum absolute atomic E-state index is 10.8. The topological polar surface area (TPSA) is 35.5 Å². The van der Waals surface area contributed by atoms with E-state index in [4.69, 9.17) is 9.47 Å². The number of benzene rings is 2. The second kappa shape index (κ2) is 12.4. The van der Waals surface area contributed by atoms with E-state index in [0.717, 1.165) is 44.1 Å². The molecule has 0 radical (unpaired) electrons. The molecule has 134 valence electrons. The summed E-state index contributed by atoms with van der Waals surface area (Å²) in [6.45, 7) is 2.02. The maximum atomic E-state index is 10.8. The zero-order valence-corrected chi connectivity index (χ0v) is 14.8. The van der Waals surface area contributed by atoms with Crippen LogP contribution in [0, 0.1) is 0 Å². The van der Waals surface area contributed by atoms with Gasteiger partial charge in [-0.15, -0.1) is 0 Å². The number of carbonyl (C=O) groups excluding carboxylic acids is 1. The van der Waals surface area contributed by atoms with E-state index in [1.54, 1.807) is 0 Å². The Morgan fingerprint density at radius 2 is 1.44 bits per heavy atom. The molecular weight excluding hydrogens is 312 g/mol. The predicted octanol–water partition coefficient (Wildman–Crippen LogP) is 4.94. The molecule has 0 bridgehead atoms. The van der Waals surface area contributed by atoms with Gasteiger partial charge in [-0.05, 0) is 24.0 Å². The lowest BCUT2D eigenvalue weighted by atomic mass is 10.1. The van der Waals surface area contributed by atoms with Gasteiger partial charge in [-0.25, -0.2) is 0 Å². The number of carbonyl (C=O) groups is 1. The number of rotatable bonds is 13. The van der Waals surface area contributed by atoms with Crippen molar-refractivity contribution in [3.05, 3.63) is 71.8 Å². The molecule has 0 fully saturated rings. The van der Waals surface area contributed by atoms with Crippen molar-refractivity contribution in [3.8, 4) is 0 Å². The van der Waals surface area contributed by atoms with Crippen LogP contribution < -0.4 is 0 Å². The second-order valence-electron chi connectivity index (χ2n) is 6.21. The van der Waals surface area contributed by atoms with Gasteiger partial charge in [0, 0.05) is 13.0 Å². The van der Waals surface area contributed by atoms with E-state index in [1.807, 2.05) is 48.5 Å². The van der Waals surface area contributed by atoms with Crippen LogP contribution in [-0.4, -0.2) is 19.0 Å². The predicted molar refractivity (Wildman–Crippen MR) is 100 cm³/mol. The van der Waals surface area contributed by atoms with Gasteiger partial charge >= 0.3 is 0 Å². The van der Waals surface area contributed by atoms with Gasteiger partial charge in [0.25, 0.3) is 0 Å². The van der Waals surface area contributed by atoms with Crippen LogP contribution in [0.3, 0.4) is 0 Å². The van der Waals surface area contributed by atoms with Crippen LogP contribution in [-0.2, 0) is 27.5 Å². The third kappa shape index (κ3) is 8.62. The SMILES string of the molecule is O=CC[C@@H](CCCCCOCc1ccccc1)OCc1ccccc1. The van der Waals surface area contributed by atoms with Gasteiger partial charge in [0.15, 0.2) is 0 Å². The summed E-state index contributed by atoms with van der Waals surface area (Å²) < 4.78 is 11.6. The molecule has 0 saturated carbocycles. The Bertz CT molecular complexity index is 568. The normalized spacial score (nSPS) is 12.0. The molecule has 0 aliphatic heterocycles. The van der Waals surface area contributed by atoms with E-state index in [-0.39, 0.29) is 6.10 Å². The van der Waals surface area contributed by atoms with Crippen molar-refractivity contribution in [1.29, 1.82) is 0 Å². The minimum Gasteiger partial charge on any atom is -0.377 e. The van der Waals surface area contributed by atoms with Gasteiger partial charge in [0.2, 0.25) is 0 Å². The third-order valence-electron chi connectivity index (χ3n) is 4.11. The number of unbranched alkanes of at least 4 members (excludes halogenated alkanes) is 2. The zero-order valence-electron chi connectivity index (χ0n) is 14.8. The number of hydrogen-bond acceptors (Lipinski definition) is 3. The van der Waals surface area contributed by atoms with Gasteiger partial charge < -0.3 is 14.3 Å². The molecule has 3 heteroatoms. The second-order valence-corrected chi connectivity index (χ2v) is 6.21. The molecule has 25 heavy (non-hydrogen) atoms. The summed E-state index contributed by atoms with van der Waals surface area (Å²) in [6, 6.07) is 20.3. The molecule has 0 heterocycles. The van der Waals surface area contributed by atoms with Gasteiger partial charge in [-0.2, -0.15) is 0 Å². The first-order valence-electron chi connectivity index (χ1n) is 9.09. The molecule has 3 nitrogen and oxygen atoms in total. The highest BCUT2D eigenvalue weighted by Gasteiger charge is 2.08. The molecule has 1 atom stereocenters. The van der Waals surface area contributed by atoms with Crippen molar-refractivity contribution >= 4 is 6.29 Å².